The Morgan fingerprint density at radius 3 is 2.00 bits per heavy atom. The third-order valence-electron chi connectivity index (χ3n) is 3.97. The van der Waals surface area contributed by atoms with Gasteiger partial charge in [0.05, 0.1) is 33.3 Å². The SMILES string of the molecule is O=C(Cc1csc(Nc2ccc(Cl)c(C(F)(F)F)c2)n1)Nc1ccc(Cl)c(C(F)(F)F)c1. The number of amides is 1. The molecule has 0 saturated heterocycles. The molecular formula is C19H11Cl2F6N3OS. The highest BCUT2D eigenvalue weighted by atomic mass is 35.5. The molecule has 13 heteroatoms. The van der Waals surface area contributed by atoms with E-state index in [1.807, 2.05) is 0 Å². The van der Waals surface area contributed by atoms with E-state index < -0.39 is 39.4 Å². The molecule has 0 aliphatic carbocycles. The Labute approximate surface area is 191 Å². The summed E-state index contributed by atoms with van der Waals surface area (Å²) in [6, 6.07) is 6.22. The minimum absolute atomic E-state index is 0.0907. The highest BCUT2D eigenvalue weighted by molar-refractivity contribution is 7.13. The van der Waals surface area contributed by atoms with E-state index in [9.17, 15) is 31.1 Å². The molecule has 3 rings (SSSR count). The van der Waals surface area contributed by atoms with Gasteiger partial charge in [-0.15, -0.1) is 11.3 Å². The molecule has 2 N–H and O–H groups in total. The molecule has 0 fully saturated rings. The van der Waals surface area contributed by atoms with E-state index >= 15 is 0 Å². The van der Waals surface area contributed by atoms with Gasteiger partial charge in [-0.1, -0.05) is 23.2 Å². The molecule has 32 heavy (non-hydrogen) atoms. The maximum atomic E-state index is 13.0. The average molecular weight is 514 g/mol. The van der Waals surface area contributed by atoms with E-state index in [-0.39, 0.29) is 28.6 Å². The number of alkyl halides is 6. The standard InChI is InChI=1S/C19H11Cl2F6N3OS/c20-14-3-1-9(5-12(14)18(22,23)24)28-16(31)7-11-8-32-17(30-11)29-10-2-4-15(21)13(6-10)19(25,26)27/h1-6,8H,7H2,(H,28,31)(H,29,30). The van der Waals surface area contributed by atoms with Crippen LogP contribution < -0.4 is 10.6 Å². The zero-order valence-electron chi connectivity index (χ0n) is 15.5. The molecule has 0 radical (unpaired) electrons. The van der Waals surface area contributed by atoms with E-state index in [1.165, 1.54) is 17.5 Å². The first-order valence-electron chi connectivity index (χ1n) is 8.57. The van der Waals surface area contributed by atoms with Gasteiger partial charge in [0.25, 0.3) is 0 Å². The zero-order chi connectivity index (χ0) is 23.7. The zero-order valence-corrected chi connectivity index (χ0v) is 17.9. The van der Waals surface area contributed by atoms with Crippen molar-refractivity contribution >= 4 is 57.0 Å². The largest absolute Gasteiger partial charge is 0.417 e. The molecule has 0 aliphatic heterocycles. The van der Waals surface area contributed by atoms with Crippen molar-refractivity contribution in [2.45, 2.75) is 18.8 Å². The predicted octanol–water partition coefficient (Wildman–Crippen LogP) is 7.41. The Morgan fingerprint density at radius 1 is 0.906 bits per heavy atom. The van der Waals surface area contributed by atoms with Gasteiger partial charge in [0.15, 0.2) is 5.13 Å². The van der Waals surface area contributed by atoms with Crippen LogP contribution in [0.3, 0.4) is 0 Å². The van der Waals surface area contributed by atoms with Gasteiger partial charge in [0.2, 0.25) is 5.91 Å². The number of nitrogens with zero attached hydrogens (tertiary/aromatic N) is 1. The number of nitrogens with one attached hydrogen (secondary N) is 2. The summed E-state index contributed by atoms with van der Waals surface area (Å²) >= 11 is 12.2. The van der Waals surface area contributed by atoms with Crippen LogP contribution >= 0.6 is 34.5 Å². The Kier molecular flexibility index (Phi) is 6.91. The van der Waals surface area contributed by atoms with Crippen LogP contribution in [0.2, 0.25) is 10.0 Å². The Hall–Kier alpha value is -2.50. The topological polar surface area (TPSA) is 54.0 Å². The summed E-state index contributed by atoms with van der Waals surface area (Å²) in [5.41, 5.74) is -1.83. The van der Waals surface area contributed by atoms with Gasteiger partial charge in [0.1, 0.15) is 0 Å². The van der Waals surface area contributed by atoms with Crippen molar-refractivity contribution in [1.29, 1.82) is 0 Å². The van der Waals surface area contributed by atoms with Crippen LogP contribution in [0.1, 0.15) is 16.8 Å². The summed E-state index contributed by atoms with van der Waals surface area (Å²) in [6.07, 6.45) is -9.58. The Balaban J connectivity index is 1.66. The molecule has 170 valence electrons. The number of benzene rings is 2. The van der Waals surface area contributed by atoms with Crippen LogP contribution in [0.4, 0.5) is 42.8 Å². The van der Waals surface area contributed by atoms with Gasteiger partial charge >= 0.3 is 12.4 Å². The third-order valence-corrected chi connectivity index (χ3v) is 5.44. The fourth-order valence-electron chi connectivity index (χ4n) is 2.58. The Morgan fingerprint density at radius 2 is 1.44 bits per heavy atom. The second-order valence-electron chi connectivity index (χ2n) is 6.38. The number of thiazole rings is 1. The second kappa shape index (κ2) is 9.16. The first kappa shape index (κ1) is 24.1. The number of anilines is 3. The van der Waals surface area contributed by atoms with Crippen LogP contribution in [0.25, 0.3) is 0 Å². The number of hydrogen-bond acceptors (Lipinski definition) is 4. The molecule has 1 aromatic heterocycles. The number of halogens is 8. The van der Waals surface area contributed by atoms with Crippen LogP contribution in [0.15, 0.2) is 41.8 Å². The molecule has 0 atom stereocenters. The second-order valence-corrected chi connectivity index (χ2v) is 8.05. The molecule has 0 spiro atoms. The third kappa shape index (κ3) is 6.05. The summed E-state index contributed by atoms with van der Waals surface area (Å²) in [6.45, 7) is 0. The van der Waals surface area contributed by atoms with Crippen molar-refractivity contribution in [3.63, 3.8) is 0 Å². The monoisotopic (exact) mass is 513 g/mol. The first-order valence-corrected chi connectivity index (χ1v) is 10.2. The van der Waals surface area contributed by atoms with E-state index in [0.717, 1.165) is 29.5 Å². The fourth-order valence-corrected chi connectivity index (χ4v) is 3.76. The number of aromatic nitrogens is 1. The van der Waals surface area contributed by atoms with Crippen LogP contribution in [-0.2, 0) is 23.6 Å². The maximum absolute atomic E-state index is 13.0. The van der Waals surface area contributed by atoms with Crippen molar-refractivity contribution in [2.24, 2.45) is 0 Å². The summed E-state index contributed by atoms with van der Waals surface area (Å²) in [5.74, 6) is -0.636. The molecule has 0 bridgehead atoms. The van der Waals surface area contributed by atoms with Crippen molar-refractivity contribution in [2.75, 3.05) is 10.6 Å². The quantitative estimate of drug-likeness (QED) is 0.349. The van der Waals surface area contributed by atoms with Crippen molar-refractivity contribution in [3.8, 4) is 0 Å². The lowest BCUT2D eigenvalue weighted by molar-refractivity contribution is -0.138. The number of hydrogen-bond donors (Lipinski definition) is 2. The maximum Gasteiger partial charge on any atom is 0.417 e. The summed E-state index contributed by atoms with van der Waals surface area (Å²) in [5, 5.41) is 5.78. The predicted molar refractivity (Wildman–Crippen MR) is 111 cm³/mol. The average Bonchev–Trinajstić information content (AvgIpc) is 3.09. The van der Waals surface area contributed by atoms with Gasteiger partial charge < -0.3 is 10.6 Å². The highest BCUT2D eigenvalue weighted by Crippen LogP contribution is 2.37. The number of carbonyl (C=O) groups excluding carboxylic acids is 1. The molecule has 1 heterocycles. The lowest BCUT2D eigenvalue weighted by atomic mass is 10.2. The summed E-state index contributed by atoms with van der Waals surface area (Å²) in [7, 11) is 0. The van der Waals surface area contributed by atoms with Crippen molar-refractivity contribution in [3.05, 3.63) is 68.6 Å². The van der Waals surface area contributed by atoms with Gasteiger partial charge in [-0.05, 0) is 36.4 Å². The molecule has 2 aromatic carbocycles. The molecule has 4 nitrogen and oxygen atoms in total. The van der Waals surface area contributed by atoms with Crippen molar-refractivity contribution in [1.82, 2.24) is 4.98 Å². The molecule has 0 unspecified atom stereocenters. The molecule has 1 amide bonds. The normalized spacial score (nSPS) is 12.0. The van der Waals surface area contributed by atoms with Crippen LogP contribution in [-0.4, -0.2) is 10.9 Å². The van der Waals surface area contributed by atoms with Gasteiger partial charge in [-0.3, -0.25) is 4.79 Å². The van der Waals surface area contributed by atoms with E-state index in [2.05, 4.69) is 15.6 Å². The van der Waals surface area contributed by atoms with Crippen LogP contribution in [0, 0.1) is 0 Å². The van der Waals surface area contributed by atoms with Crippen LogP contribution in [0.5, 0.6) is 0 Å². The fraction of sp³-hybridized carbons (Fsp3) is 0.158. The van der Waals surface area contributed by atoms with E-state index in [0.29, 0.717) is 6.07 Å². The minimum atomic E-state index is -4.68. The lowest BCUT2D eigenvalue weighted by Gasteiger charge is -2.11. The van der Waals surface area contributed by atoms with E-state index in [1.54, 1.807) is 0 Å². The lowest BCUT2D eigenvalue weighted by Crippen LogP contribution is -2.15. The summed E-state index contributed by atoms with van der Waals surface area (Å²) in [4.78, 5) is 16.3. The van der Waals surface area contributed by atoms with Crippen molar-refractivity contribution < 1.29 is 31.1 Å². The first-order chi connectivity index (χ1) is 14.8. The van der Waals surface area contributed by atoms with E-state index in [4.69, 9.17) is 23.2 Å². The molecular weight excluding hydrogens is 503 g/mol. The molecule has 0 aliphatic rings. The Bertz CT molecular complexity index is 1150. The molecule has 0 saturated carbocycles. The van der Waals surface area contributed by atoms with Gasteiger partial charge in [0, 0.05) is 16.8 Å². The smallest absolute Gasteiger partial charge is 0.332 e. The highest BCUT2D eigenvalue weighted by Gasteiger charge is 2.34. The molecule has 3 aromatic rings. The minimum Gasteiger partial charge on any atom is -0.332 e. The summed E-state index contributed by atoms with van der Waals surface area (Å²) < 4.78 is 77.7. The number of rotatable bonds is 5. The number of carbonyl (C=O) groups is 1. The van der Waals surface area contributed by atoms with Gasteiger partial charge in [-0.2, -0.15) is 26.3 Å². The van der Waals surface area contributed by atoms with Gasteiger partial charge in [-0.25, -0.2) is 4.98 Å².